The summed E-state index contributed by atoms with van der Waals surface area (Å²) in [5.74, 6) is 0. The van der Waals surface area contributed by atoms with Crippen LogP contribution in [0, 0.1) is 11.3 Å². The van der Waals surface area contributed by atoms with Gasteiger partial charge in [0.2, 0.25) is 0 Å². The summed E-state index contributed by atoms with van der Waals surface area (Å²) < 4.78 is 0. The molecule has 0 aliphatic carbocycles. The van der Waals surface area contributed by atoms with E-state index in [-0.39, 0.29) is 11.7 Å². The van der Waals surface area contributed by atoms with Crippen LogP contribution in [0.2, 0.25) is 0 Å². The van der Waals surface area contributed by atoms with Crippen molar-refractivity contribution in [3.05, 3.63) is 34.2 Å². The van der Waals surface area contributed by atoms with Gasteiger partial charge in [-0.1, -0.05) is 6.07 Å². The van der Waals surface area contributed by atoms with E-state index in [0.717, 1.165) is 23.0 Å². The molecule has 0 aliphatic rings. The molecule has 0 saturated heterocycles. The van der Waals surface area contributed by atoms with Gasteiger partial charge >= 0.3 is 5.69 Å². The van der Waals surface area contributed by atoms with E-state index in [2.05, 4.69) is 21.4 Å². The number of aromatic amines is 2. The lowest BCUT2D eigenvalue weighted by atomic mass is 10.0. The maximum Gasteiger partial charge on any atom is 0.323 e. The number of imidazole rings is 1. The van der Waals surface area contributed by atoms with Gasteiger partial charge in [-0.15, -0.1) is 0 Å². The van der Waals surface area contributed by atoms with E-state index >= 15 is 0 Å². The number of nitrogens with zero attached hydrogens (tertiary/aromatic N) is 1. The molecule has 0 saturated carbocycles. The van der Waals surface area contributed by atoms with Crippen LogP contribution in [-0.2, 0) is 0 Å². The molecule has 1 aromatic heterocycles. The Morgan fingerprint density at radius 2 is 2.18 bits per heavy atom. The topological polar surface area (TPSA) is 84.5 Å². The zero-order valence-corrected chi connectivity index (χ0v) is 9.58. The van der Waals surface area contributed by atoms with Gasteiger partial charge in [-0.2, -0.15) is 5.26 Å². The highest BCUT2D eigenvalue weighted by Gasteiger charge is 2.10. The first-order chi connectivity index (χ1) is 8.24. The first-order valence-electron chi connectivity index (χ1n) is 5.50. The minimum Gasteiger partial charge on any atom is -0.313 e. The maximum atomic E-state index is 11.1. The molecule has 1 heterocycles. The van der Waals surface area contributed by atoms with Gasteiger partial charge in [0.25, 0.3) is 0 Å². The van der Waals surface area contributed by atoms with E-state index in [1.54, 1.807) is 0 Å². The molecule has 0 bridgehead atoms. The number of rotatable bonds is 4. The fraction of sp³-hybridized carbons (Fsp3) is 0.333. The van der Waals surface area contributed by atoms with Crippen LogP contribution in [-0.4, -0.2) is 17.0 Å². The molecule has 2 aromatic rings. The van der Waals surface area contributed by atoms with Gasteiger partial charge < -0.3 is 15.3 Å². The van der Waals surface area contributed by atoms with Gasteiger partial charge in [0.1, 0.15) is 0 Å². The molecule has 0 fully saturated rings. The molecule has 1 aromatic carbocycles. The van der Waals surface area contributed by atoms with Gasteiger partial charge in [0.15, 0.2) is 0 Å². The number of fused-ring (bicyclic) bond motifs is 1. The van der Waals surface area contributed by atoms with Crippen LogP contribution in [0.1, 0.15) is 24.4 Å². The molecule has 5 heteroatoms. The highest BCUT2D eigenvalue weighted by atomic mass is 16.1. The molecular formula is C12H14N4O. The Morgan fingerprint density at radius 1 is 1.41 bits per heavy atom. The Hall–Kier alpha value is -2.06. The Kier molecular flexibility index (Phi) is 3.26. The molecular weight excluding hydrogens is 216 g/mol. The van der Waals surface area contributed by atoms with E-state index in [4.69, 9.17) is 5.26 Å². The fourth-order valence-electron chi connectivity index (χ4n) is 1.95. The average Bonchev–Trinajstić information content (AvgIpc) is 2.69. The van der Waals surface area contributed by atoms with Crippen molar-refractivity contribution in [1.82, 2.24) is 15.3 Å². The lowest BCUT2D eigenvalue weighted by Gasteiger charge is -2.14. The molecule has 88 valence electrons. The third-order valence-corrected chi connectivity index (χ3v) is 2.84. The van der Waals surface area contributed by atoms with Crippen molar-refractivity contribution in [1.29, 1.82) is 5.26 Å². The van der Waals surface area contributed by atoms with Crippen LogP contribution < -0.4 is 11.0 Å². The van der Waals surface area contributed by atoms with Gasteiger partial charge in [-0.3, -0.25) is 0 Å². The molecule has 2 rings (SSSR count). The lowest BCUT2D eigenvalue weighted by Crippen LogP contribution is -2.15. The van der Waals surface area contributed by atoms with Crippen molar-refractivity contribution in [2.75, 3.05) is 7.05 Å². The monoisotopic (exact) mass is 230 g/mol. The Morgan fingerprint density at radius 3 is 2.88 bits per heavy atom. The molecule has 0 radical (unpaired) electrons. The number of benzene rings is 1. The predicted molar refractivity (Wildman–Crippen MR) is 65.6 cm³/mol. The number of hydrogen-bond acceptors (Lipinski definition) is 3. The minimum atomic E-state index is -0.199. The third-order valence-electron chi connectivity index (χ3n) is 2.84. The third kappa shape index (κ3) is 2.37. The summed E-state index contributed by atoms with van der Waals surface area (Å²) in [6, 6.07) is 8.05. The second-order valence-electron chi connectivity index (χ2n) is 3.92. The molecule has 0 spiro atoms. The molecule has 0 amide bonds. The first kappa shape index (κ1) is 11.4. The van der Waals surface area contributed by atoms with Crippen molar-refractivity contribution in [3.8, 4) is 6.07 Å². The number of H-pyrrole nitrogens is 2. The Labute approximate surface area is 98.5 Å². The zero-order chi connectivity index (χ0) is 12.3. The second-order valence-corrected chi connectivity index (χ2v) is 3.92. The molecule has 5 nitrogen and oxygen atoms in total. The van der Waals surface area contributed by atoms with Crippen LogP contribution in [0.4, 0.5) is 0 Å². The molecule has 0 aliphatic heterocycles. The summed E-state index contributed by atoms with van der Waals surface area (Å²) in [6.07, 6.45) is 1.26. The van der Waals surface area contributed by atoms with Gasteiger partial charge in [0.05, 0.1) is 17.1 Å². The summed E-state index contributed by atoms with van der Waals surface area (Å²) >= 11 is 0. The Balaban J connectivity index is 2.33. The standard InChI is InChI=1S/C12H14N4O/c1-14-9(3-2-6-13)8-4-5-10-11(7-8)16-12(17)15-10/h4-5,7,9,14H,2-3H2,1H3,(H2,15,16,17). The van der Waals surface area contributed by atoms with Gasteiger partial charge in [0, 0.05) is 12.5 Å². The number of hydrogen-bond donors (Lipinski definition) is 3. The van der Waals surface area contributed by atoms with Crippen LogP contribution in [0.15, 0.2) is 23.0 Å². The first-order valence-corrected chi connectivity index (χ1v) is 5.50. The maximum absolute atomic E-state index is 11.1. The van der Waals surface area contributed by atoms with E-state index in [0.29, 0.717) is 6.42 Å². The van der Waals surface area contributed by atoms with Crippen LogP contribution in [0.3, 0.4) is 0 Å². The van der Waals surface area contributed by atoms with E-state index in [1.807, 2.05) is 25.2 Å². The zero-order valence-electron chi connectivity index (χ0n) is 9.58. The summed E-state index contributed by atoms with van der Waals surface area (Å²) in [5.41, 5.74) is 2.47. The number of aromatic nitrogens is 2. The molecule has 3 N–H and O–H groups in total. The SMILES string of the molecule is CNC(CCC#N)c1ccc2[nH]c(=O)[nH]c2c1. The summed E-state index contributed by atoms with van der Waals surface area (Å²) in [6.45, 7) is 0. The molecule has 17 heavy (non-hydrogen) atoms. The lowest BCUT2D eigenvalue weighted by molar-refractivity contribution is 0.557. The molecule has 1 unspecified atom stereocenters. The van der Waals surface area contributed by atoms with Gasteiger partial charge in [-0.25, -0.2) is 4.79 Å². The largest absolute Gasteiger partial charge is 0.323 e. The highest BCUT2D eigenvalue weighted by Crippen LogP contribution is 2.20. The fourth-order valence-corrected chi connectivity index (χ4v) is 1.95. The summed E-state index contributed by atoms with van der Waals surface area (Å²) in [4.78, 5) is 16.6. The number of nitriles is 1. The van der Waals surface area contributed by atoms with Crippen molar-refractivity contribution in [3.63, 3.8) is 0 Å². The van der Waals surface area contributed by atoms with Crippen LogP contribution in [0.5, 0.6) is 0 Å². The second kappa shape index (κ2) is 4.85. The Bertz CT molecular complexity index is 605. The van der Waals surface area contributed by atoms with Crippen molar-refractivity contribution in [2.45, 2.75) is 18.9 Å². The molecule has 1 atom stereocenters. The normalized spacial score (nSPS) is 12.5. The summed E-state index contributed by atoms with van der Waals surface area (Å²) in [5, 5.41) is 11.8. The smallest absolute Gasteiger partial charge is 0.313 e. The van der Waals surface area contributed by atoms with Crippen molar-refractivity contribution < 1.29 is 0 Å². The number of nitrogens with one attached hydrogen (secondary N) is 3. The van der Waals surface area contributed by atoms with E-state index < -0.39 is 0 Å². The quantitative estimate of drug-likeness (QED) is 0.742. The van der Waals surface area contributed by atoms with Crippen molar-refractivity contribution in [2.24, 2.45) is 0 Å². The van der Waals surface area contributed by atoms with E-state index in [1.165, 1.54) is 0 Å². The van der Waals surface area contributed by atoms with Crippen molar-refractivity contribution >= 4 is 11.0 Å². The van der Waals surface area contributed by atoms with Crippen LogP contribution >= 0.6 is 0 Å². The minimum absolute atomic E-state index is 0.137. The predicted octanol–water partition coefficient (Wildman–Crippen LogP) is 1.42. The van der Waals surface area contributed by atoms with Crippen LogP contribution in [0.25, 0.3) is 11.0 Å². The summed E-state index contributed by atoms with van der Waals surface area (Å²) in [7, 11) is 1.87. The van der Waals surface area contributed by atoms with E-state index in [9.17, 15) is 4.79 Å². The highest BCUT2D eigenvalue weighted by molar-refractivity contribution is 5.75. The van der Waals surface area contributed by atoms with Gasteiger partial charge in [-0.05, 0) is 31.2 Å². The average molecular weight is 230 g/mol.